The second-order valence-corrected chi connectivity index (χ2v) is 5.80. The number of likely N-dealkylation sites (N-methyl/N-ethyl adjacent to an activating group) is 1. The molecule has 1 heterocycles. The van der Waals surface area contributed by atoms with Crippen LogP contribution in [-0.2, 0) is 4.79 Å². The third-order valence-corrected chi connectivity index (χ3v) is 3.81. The molecule has 1 saturated heterocycles. The maximum Gasteiger partial charge on any atom is 0.319 e. The Hall–Kier alpha value is -2.08. The zero-order chi connectivity index (χ0) is 15.9. The van der Waals surface area contributed by atoms with E-state index in [-0.39, 0.29) is 18.0 Å². The van der Waals surface area contributed by atoms with Gasteiger partial charge >= 0.3 is 6.03 Å². The van der Waals surface area contributed by atoms with Crippen molar-refractivity contribution >= 4 is 17.6 Å². The minimum Gasteiger partial charge on any atom is -0.348 e. The summed E-state index contributed by atoms with van der Waals surface area (Å²) in [6.07, 6.45) is 1.73. The Morgan fingerprint density at radius 1 is 1.18 bits per heavy atom. The van der Waals surface area contributed by atoms with Gasteiger partial charge in [-0.2, -0.15) is 0 Å². The van der Waals surface area contributed by atoms with E-state index in [1.807, 2.05) is 30.3 Å². The van der Waals surface area contributed by atoms with Crippen molar-refractivity contribution < 1.29 is 9.59 Å². The molecule has 2 N–H and O–H groups in total. The van der Waals surface area contributed by atoms with Gasteiger partial charge in [0, 0.05) is 38.9 Å². The van der Waals surface area contributed by atoms with E-state index in [0.29, 0.717) is 6.54 Å². The first-order valence-corrected chi connectivity index (χ1v) is 7.59. The Bertz CT molecular complexity index is 496. The SMILES string of the molecule is CN(C)C(=O)CN1CCC(NC(=O)Nc2ccccc2)CC1. The first-order chi connectivity index (χ1) is 10.5. The number of para-hydroxylation sites is 1. The number of nitrogens with one attached hydrogen (secondary N) is 2. The summed E-state index contributed by atoms with van der Waals surface area (Å²) in [5, 5.41) is 5.82. The van der Waals surface area contributed by atoms with Crippen molar-refractivity contribution in [3.05, 3.63) is 30.3 Å². The molecule has 0 radical (unpaired) electrons. The number of carbonyl (C=O) groups excluding carboxylic acids is 2. The van der Waals surface area contributed by atoms with Crippen molar-refractivity contribution in [3.8, 4) is 0 Å². The zero-order valence-corrected chi connectivity index (χ0v) is 13.2. The van der Waals surface area contributed by atoms with Crippen molar-refractivity contribution in [2.45, 2.75) is 18.9 Å². The highest BCUT2D eigenvalue weighted by molar-refractivity contribution is 5.89. The number of benzene rings is 1. The number of nitrogens with zero attached hydrogens (tertiary/aromatic N) is 2. The standard InChI is InChI=1S/C16H24N4O2/c1-19(2)15(21)12-20-10-8-14(9-11-20)18-16(22)17-13-6-4-3-5-7-13/h3-7,14H,8-12H2,1-2H3,(H2,17,18,22). The van der Waals surface area contributed by atoms with Crippen LogP contribution in [0.4, 0.5) is 10.5 Å². The maximum absolute atomic E-state index is 11.9. The lowest BCUT2D eigenvalue weighted by molar-refractivity contribution is -0.130. The molecular weight excluding hydrogens is 280 g/mol. The van der Waals surface area contributed by atoms with Crippen LogP contribution in [0.2, 0.25) is 0 Å². The quantitative estimate of drug-likeness (QED) is 0.883. The number of urea groups is 1. The summed E-state index contributed by atoms with van der Waals surface area (Å²) in [5.74, 6) is 0.119. The molecule has 1 aliphatic rings. The molecule has 1 aromatic rings. The molecule has 6 nitrogen and oxygen atoms in total. The highest BCUT2D eigenvalue weighted by atomic mass is 16.2. The Balaban J connectivity index is 1.71. The van der Waals surface area contributed by atoms with Crippen LogP contribution in [0.5, 0.6) is 0 Å². The summed E-state index contributed by atoms with van der Waals surface area (Å²) < 4.78 is 0. The van der Waals surface area contributed by atoms with Crippen molar-refractivity contribution in [1.82, 2.24) is 15.1 Å². The predicted molar refractivity (Wildman–Crippen MR) is 86.8 cm³/mol. The van der Waals surface area contributed by atoms with Crippen LogP contribution >= 0.6 is 0 Å². The van der Waals surface area contributed by atoms with Crippen LogP contribution in [0.1, 0.15) is 12.8 Å². The normalized spacial score (nSPS) is 16.1. The van der Waals surface area contributed by atoms with Crippen LogP contribution in [0, 0.1) is 0 Å². The molecule has 0 atom stereocenters. The summed E-state index contributed by atoms with van der Waals surface area (Å²) >= 11 is 0. The number of likely N-dealkylation sites (tertiary alicyclic amines) is 1. The van der Waals surface area contributed by atoms with Crippen molar-refractivity contribution in [1.29, 1.82) is 0 Å². The molecule has 1 fully saturated rings. The number of piperidine rings is 1. The highest BCUT2D eigenvalue weighted by Crippen LogP contribution is 2.11. The molecule has 6 heteroatoms. The van der Waals surface area contributed by atoms with Crippen LogP contribution in [0.25, 0.3) is 0 Å². The fourth-order valence-corrected chi connectivity index (χ4v) is 2.44. The van der Waals surface area contributed by atoms with Gasteiger partial charge in [0.2, 0.25) is 5.91 Å². The van der Waals surface area contributed by atoms with Gasteiger partial charge in [0.25, 0.3) is 0 Å². The van der Waals surface area contributed by atoms with Crippen LogP contribution in [0.3, 0.4) is 0 Å². The average molecular weight is 304 g/mol. The summed E-state index contributed by atoms with van der Waals surface area (Å²) in [6, 6.07) is 9.38. The molecule has 0 saturated carbocycles. The van der Waals surface area contributed by atoms with Gasteiger partial charge < -0.3 is 15.5 Å². The number of amides is 3. The summed E-state index contributed by atoms with van der Waals surface area (Å²) in [4.78, 5) is 27.4. The minimum absolute atomic E-state index is 0.119. The van der Waals surface area contributed by atoms with Gasteiger partial charge in [-0.1, -0.05) is 18.2 Å². The minimum atomic E-state index is -0.172. The second kappa shape index (κ2) is 7.79. The van der Waals surface area contributed by atoms with E-state index in [1.54, 1.807) is 19.0 Å². The van der Waals surface area contributed by atoms with Gasteiger partial charge in [0.1, 0.15) is 0 Å². The summed E-state index contributed by atoms with van der Waals surface area (Å²) in [7, 11) is 3.54. The van der Waals surface area contributed by atoms with Gasteiger partial charge in [-0.3, -0.25) is 9.69 Å². The van der Waals surface area contributed by atoms with Gasteiger partial charge in [0.15, 0.2) is 0 Å². The van der Waals surface area contributed by atoms with Crippen LogP contribution in [0.15, 0.2) is 30.3 Å². The van der Waals surface area contributed by atoms with E-state index in [9.17, 15) is 9.59 Å². The lowest BCUT2D eigenvalue weighted by atomic mass is 10.1. The molecule has 0 spiro atoms. The molecule has 1 aromatic carbocycles. The first kappa shape index (κ1) is 16.3. The third kappa shape index (κ3) is 5.04. The maximum atomic E-state index is 11.9. The van der Waals surface area contributed by atoms with E-state index >= 15 is 0 Å². The fourth-order valence-electron chi connectivity index (χ4n) is 2.44. The molecule has 0 aliphatic carbocycles. The first-order valence-electron chi connectivity index (χ1n) is 7.59. The summed E-state index contributed by atoms with van der Waals surface area (Å²) in [6.45, 7) is 2.11. The Morgan fingerprint density at radius 3 is 2.41 bits per heavy atom. The molecule has 2 rings (SSSR count). The topological polar surface area (TPSA) is 64.7 Å². The Labute approximate surface area is 131 Å². The smallest absolute Gasteiger partial charge is 0.319 e. The third-order valence-electron chi connectivity index (χ3n) is 3.81. The summed E-state index contributed by atoms with van der Waals surface area (Å²) in [5.41, 5.74) is 0.786. The highest BCUT2D eigenvalue weighted by Gasteiger charge is 2.22. The van der Waals surface area contributed by atoms with Gasteiger partial charge in [0.05, 0.1) is 6.54 Å². The molecule has 0 unspecified atom stereocenters. The molecule has 0 aromatic heterocycles. The zero-order valence-electron chi connectivity index (χ0n) is 13.2. The molecular formula is C16H24N4O2. The van der Waals surface area contributed by atoms with E-state index in [1.165, 1.54) is 0 Å². The number of carbonyl (C=O) groups is 2. The van der Waals surface area contributed by atoms with Gasteiger partial charge in [-0.05, 0) is 25.0 Å². The molecule has 1 aliphatic heterocycles. The van der Waals surface area contributed by atoms with Crippen molar-refractivity contribution in [2.24, 2.45) is 0 Å². The second-order valence-electron chi connectivity index (χ2n) is 5.80. The van der Waals surface area contributed by atoms with Crippen LogP contribution < -0.4 is 10.6 Å². The van der Waals surface area contributed by atoms with Crippen molar-refractivity contribution in [2.75, 3.05) is 39.0 Å². The number of hydrogen-bond acceptors (Lipinski definition) is 3. The Kier molecular flexibility index (Phi) is 5.77. The number of rotatable bonds is 4. The predicted octanol–water partition coefficient (Wildman–Crippen LogP) is 1.36. The largest absolute Gasteiger partial charge is 0.348 e. The van der Waals surface area contributed by atoms with Crippen LogP contribution in [-0.4, -0.2) is 61.5 Å². The monoisotopic (exact) mass is 304 g/mol. The van der Waals surface area contributed by atoms with Crippen molar-refractivity contribution in [3.63, 3.8) is 0 Å². The number of anilines is 1. The fraction of sp³-hybridized carbons (Fsp3) is 0.500. The molecule has 3 amide bonds. The van der Waals surface area contributed by atoms with E-state index < -0.39 is 0 Å². The lowest BCUT2D eigenvalue weighted by Crippen LogP contribution is -2.48. The van der Waals surface area contributed by atoms with Gasteiger partial charge in [-0.25, -0.2) is 4.79 Å². The van der Waals surface area contributed by atoms with Gasteiger partial charge in [-0.15, -0.1) is 0 Å². The molecule has 22 heavy (non-hydrogen) atoms. The van der Waals surface area contributed by atoms with E-state index in [4.69, 9.17) is 0 Å². The Morgan fingerprint density at radius 2 is 1.82 bits per heavy atom. The number of hydrogen-bond donors (Lipinski definition) is 2. The molecule has 120 valence electrons. The molecule has 0 bridgehead atoms. The average Bonchev–Trinajstić information content (AvgIpc) is 2.50. The van der Waals surface area contributed by atoms with E-state index in [2.05, 4.69) is 15.5 Å². The lowest BCUT2D eigenvalue weighted by Gasteiger charge is -2.32. The van der Waals surface area contributed by atoms with E-state index in [0.717, 1.165) is 31.6 Å².